The van der Waals surface area contributed by atoms with Gasteiger partial charge in [-0.05, 0) is 71.6 Å². The van der Waals surface area contributed by atoms with Crippen molar-refractivity contribution < 1.29 is 4.79 Å². The lowest BCUT2D eigenvalue weighted by atomic mass is 10.1. The molecular weight excluding hydrogens is 413 g/mol. The minimum atomic E-state index is -0.0711. The number of piperazine rings is 1. The second-order valence-corrected chi connectivity index (χ2v) is 7.48. The molecule has 2 aromatic rings. The Morgan fingerprint density at radius 2 is 1.62 bits per heavy atom. The molecular formula is C19H22IN3O. The van der Waals surface area contributed by atoms with Crippen LogP contribution in [0.2, 0.25) is 0 Å². The summed E-state index contributed by atoms with van der Waals surface area (Å²) >= 11 is 2.23. The number of carbonyl (C=O) groups excluding carboxylic acids is 1. The molecule has 1 saturated heterocycles. The highest BCUT2D eigenvalue weighted by Gasteiger charge is 2.13. The molecule has 0 spiro atoms. The molecule has 5 heteroatoms. The van der Waals surface area contributed by atoms with E-state index in [1.807, 2.05) is 36.4 Å². The largest absolute Gasteiger partial charge is 0.322 e. The summed E-state index contributed by atoms with van der Waals surface area (Å²) in [5, 5.41) is 2.95. The van der Waals surface area contributed by atoms with Crippen LogP contribution in [0.25, 0.3) is 0 Å². The third-order valence-corrected chi connectivity index (χ3v) is 5.04. The van der Waals surface area contributed by atoms with Crippen LogP contribution in [-0.4, -0.2) is 48.9 Å². The SMILES string of the molecule is CN1CCN(Cc2ccc(NC(=O)c3ccc(I)cc3)cc2)CC1. The molecule has 1 N–H and O–H groups in total. The number of anilines is 1. The summed E-state index contributed by atoms with van der Waals surface area (Å²) in [4.78, 5) is 17.1. The number of nitrogens with one attached hydrogen (secondary N) is 1. The zero-order valence-electron chi connectivity index (χ0n) is 13.8. The fourth-order valence-corrected chi connectivity index (χ4v) is 3.12. The van der Waals surface area contributed by atoms with Crippen LogP contribution in [0.3, 0.4) is 0 Å². The van der Waals surface area contributed by atoms with E-state index in [9.17, 15) is 4.79 Å². The van der Waals surface area contributed by atoms with Gasteiger partial charge in [-0.25, -0.2) is 0 Å². The van der Waals surface area contributed by atoms with Crippen LogP contribution in [0.4, 0.5) is 5.69 Å². The van der Waals surface area contributed by atoms with Gasteiger partial charge in [-0.15, -0.1) is 0 Å². The van der Waals surface area contributed by atoms with Crippen LogP contribution in [0, 0.1) is 3.57 Å². The number of halogens is 1. The Labute approximate surface area is 157 Å². The molecule has 0 aromatic heterocycles. The van der Waals surface area contributed by atoms with E-state index in [0.29, 0.717) is 5.56 Å². The number of hydrogen-bond donors (Lipinski definition) is 1. The van der Waals surface area contributed by atoms with Crippen molar-refractivity contribution in [2.45, 2.75) is 6.54 Å². The highest BCUT2D eigenvalue weighted by atomic mass is 127. The molecule has 1 amide bonds. The molecule has 126 valence electrons. The average molecular weight is 435 g/mol. The highest BCUT2D eigenvalue weighted by molar-refractivity contribution is 14.1. The number of amides is 1. The van der Waals surface area contributed by atoms with E-state index in [0.717, 1.165) is 42.0 Å². The third-order valence-electron chi connectivity index (χ3n) is 4.32. The number of carbonyl (C=O) groups is 1. The lowest BCUT2D eigenvalue weighted by Gasteiger charge is -2.32. The molecule has 1 aliphatic heterocycles. The van der Waals surface area contributed by atoms with Crippen LogP contribution in [0.15, 0.2) is 48.5 Å². The van der Waals surface area contributed by atoms with E-state index >= 15 is 0 Å². The summed E-state index contributed by atoms with van der Waals surface area (Å²) in [7, 11) is 2.17. The Kier molecular flexibility index (Phi) is 5.86. The van der Waals surface area contributed by atoms with Gasteiger partial charge in [0.15, 0.2) is 0 Å². The standard InChI is InChI=1S/C19H22IN3O/c1-22-10-12-23(13-11-22)14-15-2-8-18(9-3-15)21-19(24)16-4-6-17(20)7-5-16/h2-9H,10-14H2,1H3,(H,21,24). The molecule has 1 fully saturated rings. The molecule has 0 radical (unpaired) electrons. The van der Waals surface area contributed by atoms with Crippen LogP contribution >= 0.6 is 22.6 Å². The van der Waals surface area contributed by atoms with Gasteiger partial charge in [0.05, 0.1) is 0 Å². The van der Waals surface area contributed by atoms with Crippen molar-refractivity contribution in [2.24, 2.45) is 0 Å². The van der Waals surface area contributed by atoms with E-state index in [-0.39, 0.29) is 5.91 Å². The Morgan fingerprint density at radius 3 is 2.25 bits per heavy atom. The predicted molar refractivity (Wildman–Crippen MR) is 106 cm³/mol. The lowest BCUT2D eigenvalue weighted by Crippen LogP contribution is -2.43. The van der Waals surface area contributed by atoms with Gasteiger partial charge >= 0.3 is 0 Å². The van der Waals surface area contributed by atoms with Gasteiger partial charge in [0, 0.05) is 47.5 Å². The van der Waals surface area contributed by atoms with Crippen LogP contribution in [0.1, 0.15) is 15.9 Å². The summed E-state index contributed by atoms with van der Waals surface area (Å²) in [6.07, 6.45) is 0. The maximum atomic E-state index is 12.2. The van der Waals surface area contributed by atoms with Gasteiger partial charge in [0.25, 0.3) is 5.91 Å². The number of benzene rings is 2. The summed E-state index contributed by atoms with van der Waals surface area (Å²) in [5.41, 5.74) is 2.80. The number of nitrogens with zero attached hydrogens (tertiary/aromatic N) is 2. The quantitative estimate of drug-likeness (QED) is 0.749. The van der Waals surface area contributed by atoms with Gasteiger partial charge in [-0.2, -0.15) is 0 Å². The number of hydrogen-bond acceptors (Lipinski definition) is 3. The summed E-state index contributed by atoms with van der Waals surface area (Å²) < 4.78 is 1.12. The van der Waals surface area contributed by atoms with Crippen LogP contribution < -0.4 is 5.32 Å². The first kappa shape index (κ1) is 17.4. The topological polar surface area (TPSA) is 35.6 Å². The predicted octanol–water partition coefficient (Wildman–Crippen LogP) is 3.29. The monoisotopic (exact) mass is 435 g/mol. The second-order valence-electron chi connectivity index (χ2n) is 6.24. The minimum absolute atomic E-state index is 0.0711. The van der Waals surface area contributed by atoms with E-state index in [4.69, 9.17) is 0 Å². The number of rotatable bonds is 4. The van der Waals surface area contributed by atoms with E-state index in [1.54, 1.807) is 0 Å². The molecule has 0 bridgehead atoms. The Morgan fingerprint density at radius 1 is 1.00 bits per heavy atom. The maximum Gasteiger partial charge on any atom is 0.255 e. The fourth-order valence-electron chi connectivity index (χ4n) is 2.76. The molecule has 3 rings (SSSR count). The fraction of sp³-hybridized carbons (Fsp3) is 0.316. The van der Waals surface area contributed by atoms with Crippen molar-refractivity contribution in [1.29, 1.82) is 0 Å². The molecule has 0 atom stereocenters. The smallest absolute Gasteiger partial charge is 0.255 e. The second kappa shape index (κ2) is 8.09. The molecule has 4 nitrogen and oxygen atoms in total. The van der Waals surface area contributed by atoms with Gasteiger partial charge in [0.1, 0.15) is 0 Å². The minimum Gasteiger partial charge on any atom is -0.322 e. The lowest BCUT2D eigenvalue weighted by molar-refractivity contribution is 0.102. The van der Waals surface area contributed by atoms with Crippen molar-refractivity contribution in [2.75, 3.05) is 38.5 Å². The van der Waals surface area contributed by atoms with Crippen molar-refractivity contribution in [3.05, 3.63) is 63.2 Å². The summed E-state index contributed by atoms with van der Waals surface area (Å²) in [6, 6.07) is 15.7. The first-order chi connectivity index (χ1) is 11.6. The van der Waals surface area contributed by atoms with E-state index in [2.05, 4.69) is 56.9 Å². The van der Waals surface area contributed by atoms with Crippen molar-refractivity contribution in [3.63, 3.8) is 0 Å². The van der Waals surface area contributed by atoms with Crippen LogP contribution in [-0.2, 0) is 6.54 Å². The van der Waals surface area contributed by atoms with Crippen LogP contribution in [0.5, 0.6) is 0 Å². The molecule has 2 aromatic carbocycles. The van der Waals surface area contributed by atoms with Gasteiger partial charge in [-0.1, -0.05) is 12.1 Å². The van der Waals surface area contributed by atoms with Crippen molar-refractivity contribution in [3.8, 4) is 0 Å². The highest BCUT2D eigenvalue weighted by Crippen LogP contribution is 2.14. The maximum absolute atomic E-state index is 12.2. The molecule has 0 saturated carbocycles. The zero-order valence-corrected chi connectivity index (χ0v) is 16.0. The van der Waals surface area contributed by atoms with Gasteiger partial charge in [0.2, 0.25) is 0 Å². The average Bonchev–Trinajstić information content (AvgIpc) is 2.59. The number of likely N-dealkylation sites (N-methyl/N-ethyl adjacent to an activating group) is 1. The van der Waals surface area contributed by atoms with Crippen molar-refractivity contribution in [1.82, 2.24) is 9.80 Å². The third kappa shape index (κ3) is 4.78. The van der Waals surface area contributed by atoms with E-state index < -0.39 is 0 Å². The molecule has 0 aliphatic carbocycles. The first-order valence-corrected chi connectivity index (χ1v) is 9.25. The summed E-state index contributed by atoms with van der Waals surface area (Å²) in [5.74, 6) is -0.0711. The van der Waals surface area contributed by atoms with Gasteiger partial charge in [-0.3, -0.25) is 9.69 Å². The zero-order chi connectivity index (χ0) is 16.9. The normalized spacial score (nSPS) is 16.1. The van der Waals surface area contributed by atoms with E-state index in [1.165, 1.54) is 5.56 Å². The summed E-state index contributed by atoms with van der Waals surface area (Å²) in [6.45, 7) is 5.46. The Balaban J connectivity index is 1.56. The Bertz CT molecular complexity index is 677. The first-order valence-electron chi connectivity index (χ1n) is 8.17. The Hall–Kier alpha value is -1.44. The molecule has 24 heavy (non-hydrogen) atoms. The molecule has 0 unspecified atom stereocenters. The molecule has 1 aliphatic rings. The van der Waals surface area contributed by atoms with Gasteiger partial charge < -0.3 is 10.2 Å². The molecule has 1 heterocycles. The van der Waals surface area contributed by atoms with Crippen molar-refractivity contribution >= 4 is 34.2 Å².